The monoisotopic (exact) mass is 271 g/mol. The Morgan fingerprint density at radius 3 is 2.32 bits per heavy atom. The lowest BCUT2D eigenvalue weighted by Gasteiger charge is -2.10. The van der Waals surface area contributed by atoms with Crippen LogP contribution in [-0.2, 0) is 6.18 Å². The normalized spacial score (nSPS) is 11.5. The van der Waals surface area contributed by atoms with E-state index in [4.69, 9.17) is 5.26 Å². The topological polar surface area (TPSA) is 88.0 Å². The van der Waals surface area contributed by atoms with E-state index in [1.165, 1.54) is 6.19 Å². The van der Waals surface area contributed by atoms with Gasteiger partial charge in [-0.15, -0.1) is 4.73 Å². The van der Waals surface area contributed by atoms with E-state index in [1.807, 2.05) is 0 Å². The van der Waals surface area contributed by atoms with Crippen molar-refractivity contribution in [2.45, 2.75) is 6.18 Å². The molecule has 9 heteroatoms. The number of aromatic nitrogens is 2. The minimum atomic E-state index is -4.68. The zero-order valence-corrected chi connectivity index (χ0v) is 8.97. The number of halogens is 3. The summed E-state index contributed by atoms with van der Waals surface area (Å²) < 4.78 is 37.7. The van der Waals surface area contributed by atoms with Gasteiger partial charge in [-0.1, -0.05) is 0 Å². The fourth-order valence-corrected chi connectivity index (χ4v) is 1.56. The van der Waals surface area contributed by atoms with Crippen LogP contribution in [0, 0.1) is 11.5 Å². The molecule has 0 saturated carbocycles. The van der Waals surface area contributed by atoms with Crippen LogP contribution in [0.2, 0.25) is 0 Å². The molecular formula is C10H4F3N3O3. The molecule has 2 aromatic rings. The average molecular weight is 271 g/mol. The van der Waals surface area contributed by atoms with Crippen molar-refractivity contribution < 1.29 is 18.4 Å². The van der Waals surface area contributed by atoms with E-state index in [0.29, 0.717) is 12.1 Å². The predicted molar refractivity (Wildman–Crippen MR) is 55.7 cm³/mol. The van der Waals surface area contributed by atoms with Crippen LogP contribution >= 0.6 is 0 Å². The summed E-state index contributed by atoms with van der Waals surface area (Å²) in [6, 6.07) is 1.93. The molecule has 0 fully saturated rings. The van der Waals surface area contributed by atoms with Gasteiger partial charge in [-0.3, -0.25) is 9.59 Å². The van der Waals surface area contributed by atoms with Crippen molar-refractivity contribution >= 4 is 11.0 Å². The highest BCUT2D eigenvalue weighted by Crippen LogP contribution is 2.30. The van der Waals surface area contributed by atoms with E-state index in [9.17, 15) is 28.0 Å². The van der Waals surface area contributed by atoms with Crippen LogP contribution in [0.4, 0.5) is 13.2 Å². The minimum absolute atomic E-state index is 0.0916. The van der Waals surface area contributed by atoms with Crippen molar-refractivity contribution in [1.29, 1.82) is 5.26 Å². The first kappa shape index (κ1) is 12.7. The molecule has 0 bridgehead atoms. The molecule has 0 spiro atoms. The lowest BCUT2D eigenvalue weighted by molar-refractivity contribution is -0.137. The van der Waals surface area contributed by atoms with Crippen molar-refractivity contribution in [3.63, 3.8) is 0 Å². The van der Waals surface area contributed by atoms with Gasteiger partial charge in [0.25, 0.3) is 0 Å². The lowest BCUT2D eigenvalue weighted by atomic mass is 10.2. The van der Waals surface area contributed by atoms with E-state index in [-0.39, 0.29) is 14.8 Å². The summed E-state index contributed by atoms with van der Waals surface area (Å²) in [7, 11) is 0. The number of rotatable bonds is 0. The summed E-state index contributed by atoms with van der Waals surface area (Å²) in [4.78, 5) is 22.6. The van der Waals surface area contributed by atoms with E-state index in [1.54, 1.807) is 0 Å². The Balaban J connectivity index is 3.03. The second kappa shape index (κ2) is 3.88. The highest BCUT2D eigenvalue weighted by molar-refractivity contribution is 5.76. The number of nitriles is 1. The maximum absolute atomic E-state index is 12.5. The first-order valence-electron chi connectivity index (χ1n) is 4.75. The molecule has 19 heavy (non-hydrogen) atoms. The Kier molecular flexibility index (Phi) is 2.59. The summed E-state index contributed by atoms with van der Waals surface area (Å²) >= 11 is 0. The molecule has 0 atom stereocenters. The highest BCUT2D eigenvalue weighted by Gasteiger charge is 2.31. The summed E-state index contributed by atoms with van der Waals surface area (Å²) in [5.74, 6) is 0. The van der Waals surface area contributed by atoms with Gasteiger partial charge in [-0.2, -0.15) is 18.4 Å². The number of benzene rings is 1. The molecule has 0 amide bonds. The Hall–Kier alpha value is -2.76. The predicted octanol–water partition coefficient (Wildman–Crippen LogP) is 0.748. The Morgan fingerprint density at radius 2 is 1.79 bits per heavy atom. The third kappa shape index (κ3) is 1.83. The van der Waals surface area contributed by atoms with Crippen molar-refractivity contribution in [3.05, 3.63) is 44.5 Å². The van der Waals surface area contributed by atoms with Gasteiger partial charge in [0.15, 0.2) is 6.19 Å². The Bertz CT molecular complexity index is 826. The molecule has 0 aliphatic rings. The third-order valence-corrected chi connectivity index (χ3v) is 2.45. The van der Waals surface area contributed by atoms with Crippen molar-refractivity contribution in [2.24, 2.45) is 0 Å². The van der Waals surface area contributed by atoms with Crippen LogP contribution in [0.5, 0.6) is 0 Å². The van der Waals surface area contributed by atoms with Crippen LogP contribution in [0.1, 0.15) is 5.56 Å². The van der Waals surface area contributed by atoms with Crippen LogP contribution < -0.4 is 11.1 Å². The van der Waals surface area contributed by atoms with Crippen LogP contribution in [0.3, 0.4) is 0 Å². The molecule has 0 radical (unpaired) electrons. The van der Waals surface area contributed by atoms with Crippen LogP contribution in [0.25, 0.3) is 11.0 Å². The van der Waals surface area contributed by atoms with Crippen molar-refractivity contribution in [3.8, 4) is 6.19 Å². The number of nitrogens with zero attached hydrogens (tertiary/aromatic N) is 3. The fraction of sp³-hybridized carbons (Fsp3) is 0.100. The molecule has 1 heterocycles. The Morgan fingerprint density at radius 1 is 1.16 bits per heavy atom. The number of hydrogen-bond donors (Lipinski definition) is 1. The van der Waals surface area contributed by atoms with E-state index >= 15 is 0 Å². The fourth-order valence-electron chi connectivity index (χ4n) is 1.56. The summed E-state index contributed by atoms with van der Waals surface area (Å²) in [6.45, 7) is 0. The van der Waals surface area contributed by atoms with Gasteiger partial charge in [0.1, 0.15) is 5.52 Å². The summed E-state index contributed by atoms with van der Waals surface area (Å²) in [5.41, 5.74) is -4.85. The molecule has 2 rings (SSSR count). The molecule has 98 valence electrons. The Labute approximate surface area is 102 Å². The SMILES string of the molecule is N#Cn1c(=O)c(=O)n(O)c2ccc(C(F)(F)F)cc21. The zero-order chi connectivity index (χ0) is 14.4. The first-order chi connectivity index (χ1) is 8.77. The molecule has 0 aliphatic heterocycles. The molecule has 1 aromatic heterocycles. The second-order valence-electron chi connectivity index (χ2n) is 3.56. The van der Waals surface area contributed by atoms with Gasteiger partial charge in [0, 0.05) is 0 Å². The average Bonchev–Trinajstić information content (AvgIpc) is 2.35. The smallest absolute Gasteiger partial charge is 0.416 e. The minimum Gasteiger partial charge on any atom is -0.425 e. The number of alkyl halides is 3. The zero-order valence-electron chi connectivity index (χ0n) is 8.97. The number of hydrogen-bond acceptors (Lipinski definition) is 4. The molecule has 0 aliphatic carbocycles. The number of fused-ring (bicyclic) bond motifs is 1. The highest BCUT2D eigenvalue weighted by atomic mass is 19.4. The second-order valence-corrected chi connectivity index (χ2v) is 3.56. The van der Waals surface area contributed by atoms with E-state index < -0.39 is 28.4 Å². The quantitative estimate of drug-likeness (QED) is 0.565. The maximum Gasteiger partial charge on any atom is 0.416 e. The molecule has 1 N–H and O–H groups in total. The van der Waals surface area contributed by atoms with Gasteiger partial charge in [0.05, 0.1) is 11.1 Å². The van der Waals surface area contributed by atoms with E-state index in [2.05, 4.69) is 0 Å². The molecular weight excluding hydrogens is 267 g/mol. The van der Waals surface area contributed by atoms with Crippen LogP contribution in [0.15, 0.2) is 27.8 Å². The van der Waals surface area contributed by atoms with Crippen molar-refractivity contribution in [1.82, 2.24) is 9.30 Å². The first-order valence-corrected chi connectivity index (χ1v) is 4.75. The lowest BCUT2D eigenvalue weighted by Crippen LogP contribution is -2.39. The van der Waals surface area contributed by atoms with Gasteiger partial charge in [-0.25, -0.2) is 4.57 Å². The summed E-state index contributed by atoms with van der Waals surface area (Å²) in [6.07, 6.45) is -3.38. The van der Waals surface area contributed by atoms with Crippen LogP contribution in [-0.4, -0.2) is 14.5 Å². The van der Waals surface area contributed by atoms with Gasteiger partial charge < -0.3 is 5.21 Å². The molecule has 0 saturated heterocycles. The maximum atomic E-state index is 12.5. The molecule has 1 aromatic carbocycles. The van der Waals surface area contributed by atoms with Gasteiger partial charge >= 0.3 is 17.3 Å². The van der Waals surface area contributed by atoms with Crippen molar-refractivity contribution in [2.75, 3.05) is 0 Å². The van der Waals surface area contributed by atoms with E-state index in [0.717, 1.165) is 6.07 Å². The molecule has 6 nitrogen and oxygen atoms in total. The largest absolute Gasteiger partial charge is 0.425 e. The summed E-state index contributed by atoms with van der Waals surface area (Å²) in [5, 5.41) is 18.1. The standard InChI is InChI=1S/C10H4F3N3O3/c11-10(12,13)5-1-2-6-7(3-5)15(4-14)8(17)9(18)16(6)19/h1-3,19H. The molecule has 0 unspecified atom stereocenters. The third-order valence-electron chi connectivity index (χ3n) is 2.45. The van der Waals surface area contributed by atoms with Gasteiger partial charge in [0.2, 0.25) is 0 Å². The van der Waals surface area contributed by atoms with Gasteiger partial charge in [-0.05, 0) is 18.2 Å².